The smallest absolute Gasteiger partial charge is 0.217 e. The third kappa shape index (κ3) is 3.89. The molecule has 0 unspecified atom stereocenters. The molecule has 4 rings (SSSR count). The molecular formula is C21H28N4O. The van der Waals surface area contributed by atoms with Crippen molar-refractivity contribution in [2.45, 2.75) is 32.4 Å². The lowest BCUT2D eigenvalue weighted by Crippen LogP contribution is -2.44. The van der Waals surface area contributed by atoms with Gasteiger partial charge in [0.2, 0.25) is 5.88 Å². The Morgan fingerprint density at radius 3 is 2.62 bits per heavy atom. The van der Waals surface area contributed by atoms with E-state index in [1.807, 2.05) is 18.3 Å². The fraction of sp³-hybridized carbons (Fsp3) is 0.524. The highest BCUT2D eigenvalue weighted by Gasteiger charge is 2.41. The largest absolute Gasteiger partial charge is 0.481 e. The van der Waals surface area contributed by atoms with E-state index in [2.05, 4.69) is 38.0 Å². The Morgan fingerprint density at radius 1 is 0.962 bits per heavy atom. The molecule has 0 saturated carbocycles. The van der Waals surface area contributed by atoms with Crippen LogP contribution in [0.1, 0.15) is 30.5 Å². The summed E-state index contributed by atoms with van der Waals surface area (Å²) in [7, 11) is 1.70. The summed E-state index contributed by atoms with van der Waals surface area (Å²) >= 11 is 0. The van der Waals surface area contributed by atoms with Crippen molar-refractivity contribution in [3.63, 3.8) is 0 Å². The summed E-state index contributed by atoms with van der Waals surface area (Å²) in [6.07, 6.45) is 7.61. The summed E-state index contributed by atoms with van der Waals surface area (Å²) in [5, 5.41) is 0. The van der Waals surface area contributed by atoms with E-state index in [9.17, 15) is 0 Å². The number of hydrogen-bond donors (Lipinski definition) is 0. The molecule has 0 bridgehead atoms. The van der Waals surface area contributed by atoms with Gasteiger partial charge >= 0.3 is 0 Å². The van der Waals surface area contributed by atoms with Gasteiger partial charge in [-0.25, -0.2) is 4.98 Å². The van der Waals surface area contributed by atoms with Gasteiger partial charge in [-0.2, -0.15) is 0 Å². The molecule has 1 spiro atoms. The number of methoxy groups -OCH3 is 1. The first-order chi connectivity index (χ1) is 12.8. The van der Waals surface area contributed by atoms with Crippen LogP contribution in [0.4, 0.5) is 0 Å². The second kappa shape index (κ2) is 7.72. The molecule has 5 heteroatoms. The first-order valence-electron chi connectivity index (χ1n) is 9.59. The molecule has 4 heterocycles. The molecule has 2 fully saturated rings. The minimum atomic E-state index is 0.433. The fourth-order valence-electron chi connectivity index (χ4n) is 4.63. The molecule has 0 N–H and O–H groups in total. The number of ether oxygens (including phenoxy) is 1. The lowest BCUT2D eigenvalue weighted by molar-refractivity contribution is 0.0856. The molecule has 0 radical (unpaired) electrons. The van der Waals surface area contributed by atoms with Crippen LogP contribution in [0, 0.1) is 5.41 Å². The molecule has 1 atom stereocenters. The Balaban J connectivity index is 1.38. The number of hydrogen-bond acceptors (Lipinski definition) is 5. The Morgan fingerprint density at radius 2 is 1.81 bits per heavy atom. The summed E-state index contributed by atoms with van der Waals surface area (Å²) in [6.45, 7) is 6.61. The Bertz CT molecular complexity index is 723. The molecule has 2 aromatic heterocycles. The van der Waals surface area contributed by atoms with E-state index in [1.165, 1.54) is 50.2 Å². The molecule has 0 aromatic carbocycles. The zero-order valence-corrected chi connectivity index (χ0v) is 15.6. The van der Waals surface area contributed by atoms with Crippen molar-refractivity contribution >= 4 is 0 Å². The predicted molar refractivity (Wildman–Crippen MR) is 102 cm³/mol. The van der Waals surface area contributed by atoms with Crippen LogP contribution >= 0.6 is 0 Å². The number of rotatable bonds is 5. The highest BCUT2D eigenvalue weighted by molar-refractivity contribution is 5.25. The Kier molecular flexibility index (Phi) is 5.18. The van der Waals surface area contributed by atoms with Crippen molar-refractivity contribution in [1.82, 2.24) is 19.8 Å². The number of nitrogens with zero attached hydrogens (tertiary/aromatic N) is 4. The van der Waals surface area contributed by atoms with Crippen LogP contribution in [0.25, 0.3) is 0 Å². The SMILES string of the molecule is COc1ncccc1CN1CC[C@]2(CCCN(Cc3ccccn3)C2)C1. The number of pyridine rings is 2. The molecule has 0 aliphatic carbocycles. The number of aromatic nitrogens is 2. The Hall–Kier alpha value is -1.98. The van der Waals surface area contributed by atoms with Gasteiger partial charge in [-0.15, -0.1) is 0 Å². The second-order valence-corrected chi connectivity index (χ2v) is 7.77. The minimum Gasteiger partial charge on any atom is -0.481 e. The fourth-order valence-corrected chi connectivity index (χ4v) is 4.63. The van der Waals surface area contributed by atoms with Gasteiger partial charge in [-0.3, -0.25) is 14.8 Å². The first-order valence-corrected chi connectivity index (χ1v) is 9.59. The van der Waals surface area contributed by atoms with Crippen LogP contribution in [0.15, 0.2) is 42.7 Å². The highest BCUT2D eigenvalue weighted by Crippen LogP contribution is 2.40. The van der Waals surface area contributed by atoms with Crippen LogP contribution in [0.3, 0.4) is 0 Å². The third-order valence-electron chi connectivity index (χ3n) is 5.81. The van der Waals surface area contributed by atoms with Gasteiger partial charge < -0.3 is 4.74 Å². The third-order valence-corrected chi connectivity index (χ3v) is 5.81. The highest BCUT2D eigenvalue weighted by atomic mass is 16.5. The molecule has 138 valence electrons. The maximum atomic E-state index is 5.42. The molecule has 2 aliphatic rings. The van der Waals surface area contributed by atoms with E-state index in [0.29, 0.717) is 5.41 Å². The number of piperidine rings is 1. The topological polar surface area (TPSA) is 41.5 Å². The standard InChI is InChI=1S/C21H28N4O/c1-26-20-18(6-4-11-23-20)14-25-13-9-21(17-25)8-5-12-24(16-21)15-19-7-2-3-10-22-19/h2-4,6-7,10-11H,5,8-9,12-17H2,1H3/t21-/m0/s1. The first kappa shape index (κ1) is 17.4. The molecule has 5 nitrogen and oxygen atoms in total. The lowest BCUT2D eigenvalue weighted by Gasteiger charge is -2.40. The van der Waals surface area contributed by atoms with Crippen molar-refractivity contribution in [2.75, 3.05) is 33.3 Å². The monoisotopic (exact) mass is 352 g/mol. The average molecular weight is 352 g/mol. The van der Waals surface area contributed by atoms with Gasteiger partial charge in [0.1, 0.15) is 0 Å². The van der Waals surface area contributed by atoms with Crippen molar-refractivity contribution < 1.29 is 4.74 Å². The maximum Gasteiger partial charge on any atom is 0.217 e. The quantitative estimate of drug-likeness (QED) is 0.827. The lowest BCUT2D eigenvalue weighted by atomic mass is 9.79. The van der Waals surface area contributed by atoms with E-state index in [-0.39, 0.29) is 0 Å². The predicted octanol–water partition coefficient (Wildman–Crippen LogP) is 2.97. The van der Waals surface area contributed by atoms with E-state index < -0.39 is 0 Å². The van der Waals surface area contributed by atoms with Gasteiger partial charge in [0.25, 0.3) is 0 Å². The van der Waals surface area contributed by atoms with Crippen molar-refractivity contribution in [3.05, 3.63) is 54.0 Å². The van der Waals surface area contributed by atoms with Crippen LogP contribution < -0.4 is 4.74 Å². The normalized spacial score (nSPS) is 24.2. The van der Waals surface area contributed by atoms with Gasteiger partial charge in [-0.05, 0) is 56.0 Å². The molecule has 2 saturated heterocycles. The van der Waals surface area contributed by atoms with Gasteiger partial charge in [0.15, 0.2) is 0 Å². The van der Waals surface area contributed by atoms with E-state index >= 15 is 0 Å². The summed E-state index contributed by atoms with van der Waals surface area (Å²) < 4.78 is 5.42. The van der Waals surface area contributed by atoms with Gasteiger partial charge in [0, 0.05) is 44.1 Å². The van der Waals surface area contributed by atoms with Gasteiger partial charge in [0.05, 0.1) is 12.8 Å². The molecule has 2 aliphatic heterocycles. The number of likely N-dealkylation sites (tertiary alicyclic amines) is 2. The van der Waals surface area contributed by atoms with Crippen LogP contribution in [-0.4, -0.2) is 53.1 Å². The second-order valence-electron chi connectivity index (χ2n) is 7.77. The van der Waals surface area contributed by atoms with E-state index in [0.717, 1.165) is 25.5 Å². The van der Waals surface area contributed by atoms with Crippen molar-refractivity contribution in [3.8, 4) is 5.88 Å². The summed E-state index contributed by atoms with van der Waals surface area (Å²) in [5.74, 6) is 0.758. The molecule has 26 heavy (non-hydrogen) atoms. The van der Waals surface area contributed by atoms with Crippen LogP contribution in [0.2, 0.25) is 0 Å². The molecule has 2 aromatic rings. The van der Waals surface area contributed by atoms with E-state index in [4.69, 9.17) is 4.74 Å². The molecule has 0 amide bonds. The zero-order valence-electron chi connectivity index (χ0n) is 15.6. The zero-order chi connectivity index (χ0) is 17.8. The minimum absolute atomic E-state index is 0.433. The summed E-state index contributed by atoms with van der Waals surface area (Å²) in [6, 6.07) is 10.3. The van der Waals surface area contributed by atoms with Crippen LogP contribution in [0.5, 0.6) is 5.88 Å². The maximum absolute atomic E-state index is 5.42. The summed E-state index contributed by atoms with van der Waals surface area (Å²) in [5.41, 5.74) is 2.80. The van der Waals surface area contributed by atoms with Gasteiger partial charge in [-0.1, -0.05) is 12.1 Å². The van der Waals surface area contributed by atoms with Crippen molar-refractivity contribution in [1.29, 1.82) is 0 Å². The van der Waals surface area contributed by atoms with E-state index in [1.54, 1.807) is 13.3 Å². The van der Waals surface area contributed by atoms with Crippen molar-refractivity contribution in [2.24, 2.45) is 5.41 Å². The average Bonchev–Trinajstić information content (AvgIpc) is 3.04. The molecular weight excluding hydrogens is 324 g/mol. The summed E-state index contributed by atoms with van der Waals surface area (Å²) in [4.78, 5) is 14.0. The Labute approximate surface area is 156 Å². The van der Waals surface area contributed by atoms with Crippen LogP contribution in [-0.2, 0) is 13.1 Å².